The van der Waals surface area contributed by atoms with Crippen molar-refractivity contribution in [2.75, 3.05) is 7.11 Å². The van der Waals surface area contributed by atoms with Gasteiger partial charge in [0.1, 0.15) is 0 Å². The first-order valence-corrected chi connectivity index (χ1v) is 3.83. The molecule has 56 valence electrons. The molecule has 1 atom stereocenters. The van der Waals surface area contributed by atoms with E-state index in [0.717, 1.165) is 5.56 Å². The van der Waals surface area contributed by atoms with Crippen LogP contribution in [0.25, 0.3) is 0 Å². The molecule has 0 aliphatic rings. The molecule has 0 aliphatic carbocycles. The normalized spacial score (nSPS) is 13.1. The maximum Gasteiger partial charge on any atom is 0.229 e. The highest BCUT2D eigenvalue weighted by Gasteiger charge is 2.08. The third-order valence-electron chi connectivity index (χ3n) is 1.25. The van der Waals surface area contributed by atoms with E-state index in [-0.39, 0.29) is 6.04 Å². The molecule has 0 fully saturated rings. The van der Waals surface area contributed by atoms with E-state index in [1.807, 2.05) is 12.3 Å². The quantitative estimate of drug-likeness (QED) is 0.702. The van der Waals surface area contributed by atoms with Crippen LogP contribution in [0.3, 0.4) is 0 Å². The van der Waals surface area contributed by atoms with Gasteiger partial charge in [-0.25, -0.2) is 0 Å². The Kier molecular flexibility index (Phi) is 2.24. The molecule has 0 saturated heterocycles. The summed E-state index contributed by atoms with van der Waals surface area (Å²) in [6, 6.07) is 0.00806. The molecule has 0 aliphatic heterocycles. The summed E-state index contributed by atoms with van der Waals surface area (Å²) in [7, 11) is 1.60. The lowest BCUT2D eigenvalue weighted by Crippen LogP contribution is -2.05. The topological polar surface area (TPSA) is 48.1 Å². The van der Waals surface area contributed by atoms with Crippen molar-refractivity contribution in [2.24, 2.45) is 5.73 Å². The monoisotopic (exact) mass is 158 g/mol. The second-order valence-electron chi connectivity index (χ2n) is 2.07. The summed E-state index contributed by atoms with van der Waals surface area (Å²) in [5.74, 6) is 0.653. The Morgan fingerprint density at radius 3 is 2.90 bits per heavy atom. The number of nitrogens with two attached hydrogens (primary N) is 1. The molecule has 0 amide bonds. The molecule has 0 saturated carbocycles. The lowest BCUT2D eigenvalue weighted by atomic mass is 10.2. The summed E-state index contributed by atoms with van der Waals surface area (Å²) < 4.78 is 8.96. The van der Waals surface area contributed by atoms with Crippen molar-refractivity contribution in [1.82, 2.24) is 4.37 Å². The lowest BCUT2D eigenvalue weighted by molar-refractivity contribution is 0.395. The molecule has 1 aromatic heterocycles. The van der Waals surface area contributed by atoms with E-state index in [4.69, 9.17) is 10.5 Å². The first-order valence-electron chi connectivity index (χ1n) is 2.99. The molecule has 4 heteroatoms. The summed E-state index contributed by atoms with van der Waals surface area (Å²) in [6.45, 7) is 1.91. The van der Waals surface area contributed by atoms with Gasteiger partial charge in [0.25, 0.3) is 0 Å². The number of hydrogen-bond acceptors (Lipinski definition) is 4. The summed E-state index contributed by atoms with van der Waals surface area (Å²) in [5.41, 5.74) is 6.60. The third-order valence-corrected chi connectivity index (χ3v) is 1.88. The zero-order chi connectivity index (χ0) is 7.56. The van der Waals surface area contributed by atoms with E-state index < -0.39 is 0 Å². The van der Waals surface area contributed by atoms with Gasteiger partial charge in [-0.3, -0.25) is 0 Å². The fourth-order valence-corrected chi connectivity index (χ4v) is 1.45. The van der Waals surface area contributed by atoms with E-state index >= 15 is 0 Å². The molecule has 3 nitrogen and oxygen atoms in total. The SMILES string of the molecule is COc1nscc1C(C)N. The van der Waals surface area contributed by atoms with E-state index in [9.17, 15) is 0 Å². The van der Waals surface area contributed by atoms with Crippen LogP contribution in [0, 0.1) is 0 Å². The van der Waals surface area contributed by atoms with Crippen LogP contribution in [0.4, 0.5) is 0 Å². The summed E-state index contributed by atoms with van der Waals surface area (Å²) in [4.78, 5) is 0. The molecule has 2 N–H and O–H groups in total. The standard InChI is InChI=1S/C6H10N2OS/c1-4(7)5-3-10-8-6(5)9-2/h3-4H,7H2,1-2H3. The van der Waals surface area contributed by atoms with Crippen LogP contribution in [0.5, 0.6) is 5.88 Å². The molecular weight excluding hydrogens is 148 g/mol. The van der Waals surface area contributed by atoms with Crippen LogP contribution in [0.2, 0.25) is 0 Å². The molecule has 1 unspecified atom stereocenters. The molecule has 0 aromatic carbocycles. The van der Waals surface area contributed by atoms with Gasteiger partial charge in [-0.05, 0) is 18.5 Å². The first-order chi connectivity index (χ1) is 4.75. The smallest absolute Gasteiger partial charge is 0.229 e. The minimum Gasteiger partial charge on any atom is -0.480 e. The van der Waals surface area contributed by atoms with Crippen molar-refractivity contribution in [3.63, 3.8) is 0 Å². The third kappa shape index (κ3) is 1.27. The van der Waals surface area contributed by atoms with Crippen molar-refractivity contribution in [1.29, 1.82) is 0 Å². The Bertz CT molecular complexity index is 209. The van der Waals surface area contributed by atoms with Gasteiger partial charge in [0, 0.05) is 17.0 Å². The number of aromatic nitrogens is 1. The van der Waals surface area contributed by atoms with Crippen molar-refractivity contribution >= 4 is 11.5 Å². The van der Waals surface area contributed by atoms with Crippen molar-refractivity contribution in [3.8, 4) is 5.88 Å². The molecular formula is C6H10N2OS. The maximum atomic E-state index is 5.62. The van der Waals surface area contributed by atoms with Crippen molar-refractivity contribution in [3.05, 3.63) is 10.9 Å². The van der Waals surface area contributed by atoms with E-state index in [0.29, 0.717) is 5.88 Å². The maximum absolute atomic E-state index is 5.62. The predicted molar refractivity (Wildman–Crippen MR) is 41.3 cm³/mol. The highest BCUT2D eigenvalue weighted by Crippen LogP contribution is 2.23. The highest BCUT2D eigenvalue weighted by atomic mass is 32.1. The van der Waals surface area contributed by atoms with E-state index in [1.54, 1.807) is 7.11 Å². The Hall–Kier alpha value is -0.610. The molecule has 0 bridgehead atoms. The van der Waals surface area contributed by atoms with Gasteiger partial charge < -0.3 is 10.5 Å². The highest BCUT2D eigenvalue weighted by molar-refractivity contribution is 7.03. The van der Waals surface area contributed by atoms with Crippen LogP contribution in [0.1, 0.15) is 18.5 Å². The van der Waals surface area contributed by atoms with Crippen LogP contribution < -0.4 is 10.5 Å². The molecule has 1 rings (SSSR count). The number of nitrogens with zero attached hydrogens (tertiary/aromatic N) is 1. The van der Waals surface area contributed by atoms with Gasteiger partial charge in [0.2, 0.25) is 5.88 Å². The molecule has 1 heterocycles. The van der Waals surface area contributed by atoms with Gasteiger partial charge in [0.05, 0.1) is 7.11 Å². The van der Waals surface area contributed by atoms with Gasteiger partial charge in [-0.15, -0.1) is 0 Å². The van der Waals surface area contributed by atoms with Gasteiger partial charge in [-0.1, -0.05) is 0 Å². The number of rotatable bonds is 2. The fraction of sp³-hybridized carbons (Fsp3) is 0.500. The van der Waals surface area contributed by atoms with Crippen LogP contribution in [0.15, 0.2) is 5.38 Å². The van der Waals surface area contributed by atoms with E-state index in [2.05, 4.69) is 4.37 Å². The Morgan fingerprint density at radius 2 is 2.50 bits per heavy atom. The molecule has 0 spiro atoms. The molecule has 1 aromatic rings. The first kappa shape index (κ1) is 7.50. The summed E-state index contributed by atoms with van der Waals surface area (Å²) in [5, 5.41) is 1.91. The largest absolute Gasteiger partial charge is 0.480 e. The minimum atomic E-state index is 0.00806. The van der Waals surface area contributed by atoms with Crippen molar-refractivity contribution in [2.45, 2.75) is 13.0 Å². The zero-order valence-electron chi connectivity index (χ0n) is 6.00. The second-order valence-corrected chi connectivity index (χ2v) is 2.70. The number of ether oxygens (including phenoxy) is 1. The average Bonchev–Trinajstić information content (AvgIpc) is 2.33. The predicted octanol–water partition coefficient (Wildman–Crippen LogP) is 1.17. The Morgan fingerprint density at radius 1 is 1.80 bits per heavy atom. The minimum absolute atomic E-state index is 0.00806. The van der Waals surface area contributed by atoms with Crippen molar-refractivity contribution < 1.29 is 4.74 Å². The fourth-order valence-electron chi connectivity index (χ4n) is 0.691. The van der Waals surface area contributed by atoms with Gasteiger partial charge >= 0.3 is 0 Å². The second kappa shape index (κ2) is 2.98. The van der Waals surface area contributed by atoms with Gasteiger partial charge in [0.15, 0.2) is 0 Å². The van der Waals surface area contributed by atoms with Crippen LogP contribution in [-0.4, -0.2) is 11.5 Å². The van der Waals surface area contributed by atoms with Crippen LogP contribution in [-0.2, 0) is 0 Å². The molecule has 10 heavy (non-hydrogen) atoms. The number of hydrogen-bond donors (Lipinski definition) is 1. The van der Waals surface area contributed by atoms with E-state index in [1.165, 1.54) is 11.5 Å². The number of methoxy groups -OCH3 is 1. The van der Waals surface area contributed by atoms with Gasteiger partial charge in [-0.2, -0.15) is 4.37 Å². The average molecular weight is 158 g/mol. The summed E-state index contributed by atoms with van der Waals surface area (Å²) in [6.07, 6.45) is 0. The summed E-state index contributed by atoms with van der Waals surface area (Å²) >= 11 is 1.36. The van der Waals surface area contributed by atoms with Crippen LogP contribution >= 0.6 is 11.5 Å². The Balaban J connectivity index is 2.90. The zero-order valence-corrected chi connectivity index (χ0v) is 6.81. The lowest BCUT2D eigenvalue weighted by Gasteiger charge is -2.02. The Labute approximate surface area is 64.0 Å². The molecule has 0 radical (unpaired) electrons.